The van der Waals surface area contributed by atoms with Crippen LogP contribution in [0.1, 0.15) is 36.9 Å². The summed E-state index contributed by atoms with van der Waals surface area (Å²) >= 11 is 6.15. The third-order valence-electron chi connectivity index (χ3n) is 4.34. The molecule has 1 aromatic rings. The molecule has 1 heterocycles. The van der Waals surface area contributed by atoms with Crippen molar-refractivity contribution >= 4 is 27.5 Å². The maximum Gasteiger partial charge on any atom is 0.318 e. The van der Waals surface area contributed by atoms with E-state index in [1.807, 2.05) is 12.1 Å². The Labute approximate surface area is 159 Å². The summed E-state index contributed by atoms with van der Waals surface area (Å²) in [5.74, 6) is 0.462. The second-order valence-electron chi connectivity index (χ2n) is 6.58. The molecule has 1 saturated heterocycles. The molecule has 2 atom stereocenters. The monoisotopic (exact) mass is 395 g/mol. The van der Waals surface area contributed by atoms with Crippen molar-refractivity contribution in [1.29, 1.82) is 5.26 Å². The average molecular weight is 396 g/mol. The first-order chi connectivity index (χ1) is 12.2. The van der Waals surface area contributed by atoms with Gasteiger partial charge >= 0.3 is 6.03 Å². The number of carbonyl (C=O) groups excluding carboxylic acids is 1. The van der Waals surface area contributed by atoms with Crippen LogP contribution in [0.15, 0.2) is 29.7 Å². The van der Waals surface area contributed by atoms with E-state index >= 15 is 0 Å². The number of rotatable bonds is 4. The van der Waals surface area contributed by atoms with Crippen LogP contribution in [0.25, 0.3) is 0 Å². The van der Waals surface area contributed by atoms with E-state index in [0.717, 1.165) is 30.1 Å². The second-order valence-corrected chi connectivity index (χ2v) is 8.92. The normalized spacial score (nSPS) is 20.8. The van der Waals surface area contributed by atoms with Crippen LogP contribution < -0.4 is 5.32 Å². The van der Waals surface area contributed by atoms with E-state index in [0.29, 0.717) is 23.0 Å². The van der Waals surface area contributed by atoms with Crippen molar-refractivity contribution in [2.24, 2.45) is 5.92 Å². The summed E-state index contributed by atoms with van der Waals surface area (Å²) in [5.41, 5.74) is 1.29. The minimum absolute atomic E-state index is 0.136. The second kappa shape index (κ2) is 8.56. The lowest BCUT2D eigenvalue weighted by Crippen LogP contribution is -2.46. The van der Waals surface area contributed by atoms with E-state index in [1.165, 1.54) is 6.08 Å². The molecule has 6 nitrogen and oxygen atoms in total. The zero-order valence-electron chi connectivity index (χ0n) is 14.8. The Hall–Kier alpha value is -2.04. The molecule has 0 saturated carbocycles. The van der Waals surface area contributed by atoms with Gasteiger partial charge in [0.1, 0.15) is 6.07 Å². The van der Waals surface area contributed by atoms with Gasteiger partial charge in [0.25, 0.3) is 0 Å². The number of carbonyl (C=O) groups is 1. The van der Waals surface area contributed by atoms with Crippen molar-refractivity contribution in [3.8, 4) is 6.07 Å². The molecule has 0 aliphatic carbocycles. The Morgan fingerprint density at radius 2 is 2.23 bits per heavy atom. The minimum atomic E-state index is -3.21. The molecule has 26 heavy (non-hydrogen) atoms. The predicted octanol–water partition coefficient (Wildman–Crippen LogP) is 3.25. The largest absolute Gasteiger partial charge is 0.334 e. The van der Waals surface area contributed by atoms with Crippen molar-refractivity contribution < 1.29 is 13.2 Å². The number of nitriles is 1. The molecule has 1 fully saturated rings. The number of urea groups is 1. The Bertz CT molecular complexity index is 846. The molecule has 2 rings (SSSR count). The first kappa shape index (κ1) is 20.3. The number of sulfone groups is 1. The fourth-order valence-electron chi connectivity index (χ4n) is 3.00. The number of nitrogens with one attached hydrogen (secondary N) is 1. The number of nitrogens with zero attached hydrogens (tertiary/aromatic N) is 2. The van der Waals surface area contributed by atoms with Gasteiger partial charge in [0.2, 0.25) is 0 Å². The molecular formula is C18H22ClN3O3S. The highest BCUT2D eigenvalue weighted by Crippen LogP contribution is 2.35. The van der Waals surface area contributed by atoms with Gasteiger partial charge in [0.15, 0.2) is 9.84 Å². The molecule has 0 radical (unpaired) electrons. The van der Waals surface area contributed by atoms with E-state index in [1.54, 1.807) is 17.0 Å². The van der Waals surface area contributed by atoms with Gasteiger partial charge < -0.3 is 10.2 Å². The number of hydrogen-bond acceptors (Lipinski definition) is 4. The van der Waals surface area contributed by atoms with Crippen LogP contribution in [0, 0.1) is 17.2 Å². The smallest absolute Gasteiger partial charge is 0.318 e. The highest BCUT2D eigenvalue weighted by Gasteiger charge is 2.31. The molecular weight excluding hydrogens is 374 g/mol. The van der Waals surface area contributed by atoms with Crippen molar-refractivity contribution in [3.05, 3.63) is 45.8 Å². The molecule has 0 spiro atoms. The SMILES string of the molecule is CC1CCN(C(=O)NCC=CS(C)(=O)=O)C(c2ccc(C#N)c(Cl)c2)C1. The van der Waals surface area contributed by atoms with Crippen LogP contribution in [-0.2, 0) is 9.84 Å². The Balaban J connectivity index is 2.14. The fraction of sp³-hybridized carbons (Fsp3) is 0.444. The van der Waals surface area contributed by atoms with Crippen molar-refractivity contribution in [2.45, 2.75) is 25.8 Å². The van der Waals surface area contributed by atoms with E-state index in [9.17, 15) is 13.2 Å². The molecule has 2 unspecified atom stereocenters. The molecule has 2 amide bonds. The number of likely N-dealkylation sites (tertiary alicyclic amines) is 1. The third kappa shape index (κ3) is 5.48. The maximum atomic E-state index is 12.6. The highest BCUT2D eigenvalue weighted by atomic mass is 35.5. The number of benzene rings is 1. The first-order valence-corrected chi connectivity index (χ1v) is 10.6. The van der Waals surface area contributed by atoms with Gasteiger partial charge in [-0.25, -0.2) is 13.2 Å². The van der Waals surface area contributed by atoms with Gasteiger partial charge in [-0.05, 0) is 36.5 Å². The molecule has 1 aromatic carbocycles. The quantitative estimate of drug-likeness (QED) is 0.847. The van der Waals surface area contributed by atoms with E-state index in [2.05, 4.69) is 12.2 Å². The molecule has 1 N–H and O–H groups in total. The van der Waals surface area contributed by atoms with Gasteiger partial charge in [-0.3, -0.25) is 0 Å². The van der Waals surface area contributed by atoms with Crippen LogP contribution >= 0.6 is 11.6 Å². The van der Waals surface area contributed by atoms with Crippen molar-refractivity contribution in [2.75, 3.05) is 19.3 Å². The zero-order valence-corrected chi connectivity index (χ0v) is 16.3. The van der Waals surface area contributed by atoms with Gasteiger partial charge in [0, 0.05) is 24.8 Å². The molecule has 1 aliphatic heterocycles. The van der Waals surface area contributed by atoms with Crippen LogP contribution in [0.2, 0.25) is 5.02 Å². The minimum Gasteiger partial charge on any atom is -0.334 e. The maximum absolute atomic E-state index is 12.6. The summed E-state index contributed by atoms with van der Waals surface area (Å²) in [4.78, 5) is 14.3. The molecule has 0 aromatic heterocycles. The molecule has 1 aliphatic rings. The zero-order chi connectivity index (χ0) is 19.3. The Kier molecular flexibility index (Phi) is 6.68. The summed E-state index contributed by atoms with van der Waals surface area (Å²) in [7, 11) is -3.21. The van der Waals surface area contributed by atoms with E-state index in [-0.39, 0.29) is 18.6 Å². The molecule has 140 valence electrons. The van der Waals surface area contributed by atoms with E-state index < -0.39 is 9.84 Å². The van der Waals surface area contributed by atoms with Crippen LogP contribution in [-0.4, -0.2) is 38.7 Å². The van der Waals surface area contributed by atoms with Crippen LogP contribution in [0.5, 0.6) is 0 Å². The van der Waals surface area contributed by atoms with Crippen molar-refractivity contribution in [1.82, 2.24) is 10.2 Å². The lowest BCUT2D eigenvalue weighted by molar-refractivity contribution is 0.132. The predicted molar refractivity (Wildman–Crippen MR) is 101 cm³/mol. The summed E-state index contributed by atoms with van der Waals surface area (Å²) in [6.45, 7) is 2.88. The first-order valence-electron chi connectivity index (χ1n) is 8.32. The van der Waals surface area contributed by atoms with Gasteiger partial charge in [0.05, 0.1) is 16.6 Å². The Morgan fingerprint density at radius 1 is 1.50 bits per heavy atom. The summed E-state index contributed by atoms with van der Waals surface area (Å²) < 4.78 is 22.2. The average Bonchev–Trinajstić information content (AvgIpc) is 2.57. The standard InChI is InChI=1S/C18H22ClN3O3S/c1-13-6-8-22(18(23)21-7-3-9-26(2,24)25)17(10-13)14-4-5-15(12-20)16(19)11-14/h3-5,9,11,13,17H,6-8,10H2,1-2H3,(H,21,23). The van der Waals surface area contributed by atoms with Crippen molar-refractivity contribution in [3.63, 3.8) is 0 Å². The Morgan fingerprint density at radius 3 is 2.85 bits per heavy atom. The lowest BCUT2D eigenvalue weighted by Gasteiger charge is -2.38. The highest BCUT2D eigenvalue weighted by molar-refractivity contribution is 7.93. The van der Waals surface area contributed by atoms with Crippen LogP contribution in [0.3, 0.4) is 0 Å². The number of hydrogen-bond donors (Lipinski definition) is 1. The van der Waals surface area contributed by atoms with Gasteiger partial charge in [-0.1, -0.05) is 30.7 Å². The van der Waals surface area contributed by atoms with E-state index in [4.69, 9.17) is 16.9 Å². The fourth-order valence-corrected chi connectivity index (χ4v) is 3.68. The summed E-state index contributed by atoms with van der Waals surface area (Å²) in [5, 5.41) is 13.2. The lowest BCUT2D eigenvalue weighted by atomic mass is 9.88. The summed E-state index contributed by atoms with van der Waals surface area (Å²) in [6, 6.07) is 6.89. The topological polar surface area (TPSA) is 90.3 Å². The van der Waals surface area contributed by atoms with Gasteiger partial charge in [-0.2, -0.15) is 5.26 Å². The number of amides is 2. The number of piperidine rings is 1. The number of halogens is 1. The summed E-state index contributed by atoms with van der Waals surface area (Å²) in [6.07, 6.45) is 4.21. The molecule has 0 bridgehead atoms. The van der Waals surface area contributed by atoms with Gasteiger partial charge in [-0.15, -0.1) is 0 Å². The van der Waals surface area contributed by atoms with Crippen LogP contribution in [0.4, 0.5) is 4.79 Å². The molecule has 8 heteroatoms. The third-order valence-corrected chi connectivity index (χ3v) is 5.34.